The monoisotopic (exact) mass is 401 g/mol. The molecule has 0 saturated carbocycles. The van der Waals surface area contributed by atoms with Gasteiger partial charge in [0.2, 0.25) is 0 Å². The number of para-hydroxylation sites is 1. The van der Waals surface area contributed by atoms with Crippen LogP contribution in [-0.4, -0.2) is 85.3 Å². The van der Waals surface area contributed by atoms with Gasteiger partial charge in [-0.1, -0.05) is 32.0 Å². The average Bonchev–Trinajstić information content (AvgIpc) is 2.92. The lowest BCUT2D eigenvalue weighted by Crippen LogP contribution is -2.54. The van der Waals surface area contributed by atoms with Crippen LogP contribution in [0.1, 0.15) is 45.1 Å². The summed E-state index contributed by atoms with van der Waals surface area (Å²) in [5.74, 6) is 0.818. The second-order valence-corrected chi connectivity index (χ2v) is 10.4. The van der Waals surface area contributed by atoms with E-state index in [9.17, 15) is 5.11 Å². The van der Waals surface area contributed by atoms with E-state index in [1.165, 1.54) is 39.0 Å². The van der Waals surface area contributed by atoms with Gasteiger partial charge in [-0.05, 0) is 44.2 Å². The summed E-state index contributed by atoms with van der Waals surface area (Å²) >= 11 is 0. The van der Waals surface area contributed by atoms with E-state index < -0.39 is 5.60 Å². The predicted molar refractivity (Wildman–Crippen MR) is 117 cm³/mol. The zero-order valence-corrected chi connectivity index (χ0v) is 18.7. The number of methoxy groups -OCH3 is 1. The maximum atomic E-state index is 11.6. The van der Waals surface area contributed by atoms with Crippen LogP contribution in [0.5, 0.6) is 5.75 Å². The number of rotatable bonds is 6. The van der Waals surface area contributed by atoms with E-state index >= 15 is 0 Å². The fourth-order valence-corrected chi connectivity index (χ4v) is 5.98. The van der Waals surface area contributed by atoms with Gasteiger partial charge < -0.3 is 19.6 Å². The number of hydrogen-bond acceptors (Lipinski definition) is 5. The second-order valence-electron chi connectivity index (χ2n) is 10.4. The molecule has 1 aromatic rings. The van der Waals surface area contributed by atoms with E-state index in [1.807, 2.05) is 24.3 Å². The predicted octanol–water partition coefficient (Wildman–Crippen LogP) is 2.78. The Morgan fingerprint density at radius 2 is 1.66 bits per heavy atom. The third kappa shape index (κ3) is 4.48. The van der Waals surface area contributed by atoms with Crippen molar-refractivity contribution in [3.05, 3.63) is 29.8 Å². The van der Waals surface area contributed by atoms with Crippen molar-refractivity contribution < 1.29 is 9.84 Å². The summed E-state index contributed by atoms with van der Waals surface area (Å²) in [7, 11) is 3.92. The first kappa shape index (κ1) is 21.1. The van der Waals surface area contributed by atoms with Crippen LogP contribution in [0.2, 0.25) is 0 Å². The highest BCUT2D eigenvalue weighted by Gasteiger charge is 2.50. The summed E-state index contributed by atoms with van der Waals surface area (Å²) in [4.78, 5) is 7.78. The Kier molecular flexibility index (Phi) is 5.95. The zero-order valence-electron chi connectivity index (χ0n) is 18.7. The minimum atomic E-state index is -0.767. The third-order valence-corrected chi connectivity index (χ3v) is 7.38. The van der Waals surface area contributed by atoms with Crippen molar-refractivity contribution in [2.24, 2.45) is 5.41 Å². The maximum absolute atomic E-state index is 11.6. The number of aliphatic hydroxyl groups is 1. The average molecular weight is 402 g/mol. The van der Waals surface area contributed by atoms with E-state index in [2.05, 4.69) is 35.6 Å². The van der Waals surface area contributed by atoms with Gasteiger partial charge in [-0.15, -0.1) is 0 Å². The molecule has 5 nitrogen and oxygen atoms in total. The van der Waals surface area contributed by atoms with Crippen molar-refractivity contribution >= 4 is 0 Å². The number of piperazine rings is 1. The maximum Gasteiger partial charge on any atom is 0.124 e. The molecule has 0 aliphatic carbocycles. The quantitative estimate of drug-likeness (QED) is 0.794. The fraction of sp³-hybridized carbons (Fsp3) is 0.750. The molecule has 2 unspecified atom stereocenters. The number of ether oxygens (including phenoxy) is 1. The first-order valence-corrected chi connectivity index (χ1v) is 11.3. The standard InChI is InChI=1S/C24H39N3O2/c1-23(2,17-26-13-11-25(3)12-14-26)18-27-19-9-10-20(27)16-24(28,15-19)21-7-5-6-8-22(21)29-4/h5-8,19-20,28H,9-18H2,1-4H3. The number of fused-ring (bicyclic) bond motifs is 2. The molecule has 1 N–H and O–H groups in total. The molecule has 162 valence electrons. The summed E-state index contributed by atoms with van der Waals surface area (Å²) < 4.78 is 5.57. The summed E-state index contributed by atoms with van der Waals surface area (Å²) in [6, 6.07) is 8.96. The van der Waals surface area contributed by atoms with E-state index in [0.717, 1.165) is 37.2 Å². The van der Waals surface area contributed by atoms with Gasteiger partial charge >= 0.3 is 0 Å². The van der Waals surface area contributed by atoms with Crippen molar-refractivity contribution in [1.29, 1.82) is 0 Å². The summed E-state index contributed by atoms with van der Waals surface area (Å²) in [6.07, 6.45) is 4.03. The van der Waals surface area contributed by atoms with Crippen molar-refractivity contribution in [3.63, 3.8) is 0 Å². The molecule has 4 rings (SSSR count). The molecule has 5 heteroatoms. The lowest BCUT2D eigenvalue weighted by atomic mass is 9.79. The lowest BCUT2D eigenvalue weighted by Gasteiger charge is -2.47. The molecule has 0 spiro atoms. The topological polar surface area (TPSA) is 39.2 Å². The molecule has 2 atom stereocenters. The van der Waals surface area contributed by atoms with Crippen LogP contribution in [0, 0.1) is 5.41 Å². The smallest absolute Gasteiger partial charge is 0.124 e. The lowest BCUT2D eigenvalue weighted by molar-refractivity contribution is -0.0685. The Balaban J connectivity index is 1.43. The van der Waals surface area contributed by atoms with Crippen LogP contribution in [-0.2, 0) is 5.60 Å². The third-order valence-electron chi connectivity index (χ3n) is 7.38. The summed E-state index contributed by atoms with van der Waals surface area (Å²) in [5, 5.41) is 11.6. The SMILES string of the molecule is COc1ccccc1C1(O)CC2CCC(C1)N2CC(C)(C)CN1CCN(C)CC1. The molecule has 1 aromatic carbocycles. The highest BCUT2D eigenvalue weighted by atomic mass is 16.5. The van der Waals surface area contributed by atoms with Crippen LogP contribution in [0.4, 0.5) is 0 Å². The Labute approximate surface area is 176 Å². The van der Waals surface area contributed by atoms with Gasteiger partial charge in [-0.2, -0.15) is 0 Å². The molecular weight excluding hydrogens is 362 g/mol. The zero-order chi connectivity index (χ0) is 20.6. The molecular formula is C24H39N3O2. The van der Waals surface area contributed by atoms with E-state index in [4.69, 9.17) is 4.74 Å². The van der Waals surface area contributed by atoms with Gasteiger partial charge in [-0.25, -0.2) is 0 Å². The number of nitrogens with zero attached hydrogens (tertiary/aromatic N) is 3. The molecule has 3 heterocycles. The second kappa shape index (κ2) is 8.18. The molecule has 0 aromatic heterocycles. The molecule has 3 fully saturated rings. The molecule has 2 bridgehead atoms. The van der Waals surface area contributed by atoms with Gasteiger partial charge in [0.1, 0.15) is 5.75 Å². The van der Waals surface area contributed by atoms with Crippen LogP contribution < -0.4 is 4.74 Å². The van der Waals surface area contributed by atoms with Gasteiger partial charge in [0.05, 0.1) is 12.7 Å². The van der Waals surface area contributed by atoms with Crippen molar-refractivity contribution in [3.8, 4) is 5.75 Å². The van der Waals surface area contributed by atoms with E-state index in [1.54, 1.807) is 7.11 Å². The van der Waals surface area contributed by atoms with Crippen LogP contribution in [0.15, 0.2) is 24.3 Å². The summed E-state index contributed by atoms with van der Waals surface area (Å²) in [5.41, 5.74) is 0.462. The van der Waals surface area contributed by atoms with Crippen LogP contribution in [0.25, 0.3) is 0 Å². The first-order chi connectivity index (χ1) is 13.8. The van der Waals surface area contributed by atoms with Gasteiger partial charge in [0.15, 0.2) is 0 Å². The normalized spacial score (nSPS) is 31.9. The Morgan fingerprint density at radius 3 is 2.28 bits per heavy atom. The minimum absolute atomic E-state index is 0.261. The summed E-state index contributed by atoms with van der Waals surface area (Å²) in [6.45, 7) is 11.8. The molecule has 29 heavy (non-hydrogen) atoms. The Bertz CT molecular complexity index is 685. The molecule has 0 amide bonds. The first-order valence-electron chi connectivity index (χ1n) is 11.3. The van der Waals surface area contributed by atoms with Gasteiger partial charge in [0, 0.05) is 56.9 Å². The fourth-order valence-electron chi connectivity index (χ4n) is 5.98. The van der Waals surface area contributed by atoms with Crippen molar-refractivity contribution in [1.82, 2.24) is 14.7 Å². The Morgan fingerprint density at radius 1 is 1.03 bits per heavy atom. The Hall–Kier alpha value is -1.14. The van der Waals surface area contributed by atoms with E-state index in [-0.39, 0.29) is 5.41 Å². The number of benzene rings is 1. The largest absolute Gasteiger partial charge is 0.496 e. The highest BCUT2D eigenvalue weighted by Crippen LogP contribution is 2.48. The van der Waals surface area contributed by atoms with Crippen molar-refractivity contribution in [2.45, 2.75) is 57.2 Å². The molecule has 3 aliphatic rings. The number of hydrogen-bond donors (Lipinski definition) is 1. The minimum Gasteiger partial charge on any atom is -0.496 e. The van der Waals surface area contributed by atoms with Crippen LogP contribution >= 0.6 is 0 Å². The molecule has 3 saturated heterocycles. The molecule has 3 aliphatic heterocycles. The highest BCUT2D eigenvalue weighted by molar-refractivity contribution is 5.39. The number of piperidine rings is 1. The van der Waals surface area contributed by atoms with Gasteiger partial charge in [0.25, 0.3) is 0 Å². The number of likely N-dealkylation sites (N-methyl/N-ethyl adjacent to an activating group) is 1. The van der Waals surface area contributed by atoms with Gasteiger partial charge in [-0.3, -0.25) is 4.90 Å². The molecule has 0 radical (unpaired) electrons. The van der Waals surface area contributed by atoms with Crippen molar-refractivity contribution in [2.75, 3.05) is 53.4 Å². The van der Waals surface area contributed by atoms with Crippen LogP contribution in [0.3, 0.4) is 0 Å². The van der Waals surface area contributed by atoms with E-state index in [0.29, 0.717) is 12.1 Å².